The number of halogens is 1. The molecule has 1 rings (SSSR count). The zero-order valence-electron chi connectivity index (χ0n) is 9.79. The quantitative estimate of drug-likeness (QED) is 0.812. The van der Waals surface area contributed by atoms with Gasteiger partial charge < -0.3 is 0 Å². The summed E-state index contributed by atoms with van der Waals surface area (Å²) < 4.78 is 0. The molecule has 0 bridgehead atoms. The molecule has 0 aliphatic rings. The highest BCUT2D eigenvalue weighted by Crippen LogP contribution is 2.14. The van der Waals surface area contributed by atoms with Gasteiger partial charge in [0, 0.05) is 6.42 Å². The lowest BCUT2D eigenvalue weighted by molar-refractivity contribution is -0.122. The van der Waals surface area contributed by atoms with Crippen molar-refractivity contribution in [3.05, 3.63) is 34.9 Å². The minimum absolute atomic E-state index is 0.222. The fourth-order valence-corrected chi connectivity index (χ4v) is 1.48. The van der Waals surface area contributed by atoms with Crippen LogP contribution in [0.1, 0.15) is 30.6 Å². The highest BCUT2D eigenvalue weighted by Gasteiger charge is 2.10. The van der Waals surface area contributed by atoms with Crippen molar-refractivity contribution in [1.29, 1.82) is 0 Å². The molecule has 0 atom stereocenters. The fourth-order valence-electron chi connectivity index (χ4n) is 1.26. The number of carbonyl (C=O) groups excluding carboxylic acids is 2. The Morgan fingerprint density at radius 2 is 1.88 bits per heavy atom. The van der Waals surface area contributed by atoms with E-state index in [1.54, 1.807) is 24.3 Å². The highest BCUT2D eigenvalue weighted by molar-refractivity contribution is 6.33. The van der Waals surface area contributed by atoms with Gasteiger partial charge in [-0.15, -0.1) is 0 Å². The Kier molecular flexibility index (Phi) is 4.97. The maximum absolute atomic E-state index is 11.6. The van der Waals surface area contributed by atoms with E-state index in [9.17, 15) is 9.59 Å². The van der Waals surface area contributed by atoms with Gasteiger partial charge in [0.05, 0.1) is 10.6 Å². The molecule has 17 heavy (non-hydrogen) atoms. The molecule has 2 N–H and O–H groups in total. The first-order valence-corrected chi connectivity index (χ1v) is 5.72. The van der Waals surface area contributed by atoms with Crippen molar-refractivity contribution in [3.63, 3.8) is 0 Å². The van der Waals surface area contributed by atoms with Gasteiger partial charge in [-0.05, 0) is 18.1 Å². The Hall–Kier alpha value is -1.55. The molecule has 0 saturated heterocycles. The first kappa shape index (κ1) is 13.5. The molecule has 0 aliphatic heterocycles. The number of carbonyl (C=O) groups is 2. The summed E-state index contributed by atoms with van der Waals surface area (Å²) in [6.45, 7) is 3.85. The van der Waals surface area contributed by atoms with E-state index in [4.69, 9.17) is 11.6 Å². The molecule has 2 amide bonds. The van der Waals surface area contributed by atoms with Crippen LogP contribution in [0.15, 0.2) is 24.3 Å². The van der Waals surface area contributed by atoms with Gasteiger partial charge in [-0.25, -0.2) is 0 Å². The summed E-state index contributed by atoms with van der Waals surface area (Å²) in [4.78, 5) is 23.0. The molecule has 1 aromatic carbocycles. The zero-order chi connectivity index (χ0) is 12.8. The van der Waals surface area contributed by atoms with E-state index >= 15 is 0 Å². The van der Waals surface area contributed by atoms with Gasteiger partial charge in [0.25, 0.3) is 5.91 Å². The number of amides is 2. The van der Waals surface area contributed by atoms with E-state index in [0.717, 1.165) is 0 Å². The van der Waals surface area contributed by atoms with Crippen LogP contribution in [0.4, 0.5) is 0 Å². The standard InChI is InChI=1S/C12H15ClN2O2/c1-8(2)7-11(16)14-15-12(17)9-5-3-4-6-10(9)13/h3-6,8H,7H2,1-2H3,(H,14,16)(H,15,17). The van der Waals surface area contributed by atoms with Crippen LogP contribution in [0, 0.1) is 5.92 Å². The van der Waals surface area contributed by atoms with Gasteiger partial charge in [0.2, 0.25) is 5.91 Å². The number of rotatable bonds is 3. The molecule has 92 valence electrons. The topological polar surface area (TPSA) is 58.2 Å². The maximum atomic E-state index is 11.6. The lowest BCUT2D eigenvalue weighted by Crippen LogP contribution is -2.42. The van der Waals surface area contributed by atoms with Crippen LogP contribution in [0.25, 0.3) is 0 Å². The van der Waals surface area contributed by atoms with Gasteiger partial charge in [-0.2, -0.15) is 0 Å². The molecule has 0 aliphatic carbocycles. The van der Waals surface area contributed by atoms with E-state index in [1.807, 2.05) is 13.8 Å². The minimum Gasteiger partial charge on any atom is -0.273 e. The molecule has 0 aromatic heterocycles. The van der Waals surface area contributed by atoms with E-state index in [2.05, 4.69) is 10.9 Å². The van der Waals surface area contributed by atoms with Crippen LogP contribution in [0.5, 0.6) is 0 Å². The lowest BCUT2D eigenvalue weighted by atomic mass is 10.1. The van der Waals surface area contributed by atoms with E-state index < -0.39 is 5.91 Å². The van der Waals surface area contributed by atoms with Crippen molar-refractivity contribution < 1.29 is 9.59 Å². The van der Waals surface area contributed by atoms with Crippen molar-refractivity contribution in [3.8, 4) is 0 Å². The smallest absolute Gasteiger partial charge is 0.271 e. The molecule has 0 spiro atoms. The van der Waals surface area contributed by atoms with Gasteiger partial charge in [0.1, 0.15) is 0 Å². The largest absolute Gasteiger partial charge is 0.273 e. The lowest BCUT2D eigenvalue weighted by Gasteiger charge is -2.09. The second-order valence-electron chi connectivity index (χ2n) is 4.08. The molecule has 5 heteroatoms. The third-order valence-electron chi connectivity index (χ3n) is 2.03. The molecule has 0 unspecified atom stereocenters. The maximum Gasteiger partial charge on any atom is 0.271 e. The Morgan fingerprint density at radius 1 is 1.24 bits per heavy atom. The van der Waals surface area contributed by atoms with Crippen LogP contribution < -0.4 is 10.9 Å². The van der Waals surface area contributed by atoms with Crippen molar-refractivity contribution in [2.24, 2.45) is 5.92 Å². The average Bonchev–Trinajstić information content (AvgIpc) is 2.25. The van der Waals surface area contributed by atoms with Crippen LogP contribution in [-0.2, 0) is 4.79 Å². The van der Waals surface area contributed by atoms with Crippen molar-refractivity contribution in [2.75, 3.05) is 0 Å². The van der Waals surface area contributed by atoms with Crippen LogP contribution >= 0.6 is 11.6 Å². The Bertz CT molecular complexity index is 419. The van der Waals surface area contributed by atoms with Gasteiger partial charge >= 0.3 is 0 Å². The summed E-state index contributed by atoms with van der Waals surface area (Å²) >= 11 is 5.85. The first-order chi connectivity index (χ1) is 8.00. The third kappa shape index (κ3) is 4.44. The molecule has 0 radical (unpaired) electrons. The summed E-state index contributed by atoms with van der Waals surface area (Å²) in [5.74, 6) is -0.402. The third-order valence-corrected chi connectivity index (χ3v) is 2.36. The van der Waals surface area contributed by atoms with E-state index in [1.165, 1.54) is 0 Å². The number of hydrazine groups is 1. The summed E-state index contributed by atoms with van der Waals surface area (Å²) in [5, 5.41) is 0.350. The Balaban J connectivity index is 2.51. The molecule has 0 fully saturated rings. The average molecular weight is 255 g/mol. The van der Waals surface area contributed by atoms with Gasteiger partial charge in [-0.1, -0.05) is 37.6 Å². The second kappa shape index (κ2) is 6.25. The molecule has 0 saturated carbocycles. The monoisotopic (exact) mass is 254 g/mol. The predicted octanol–water partition coefficient (Wildman–Crippen LogP) is 2.15. The Labute approximate surface area is 105 Å². The molecule has 0 heterocycles. The number of hydrogen-bond acceptors (Lipinski definition) is 2. The van der Waals surface area contributed by atoms with Crippen LogP contribution in [0.2, 0.25) is 5.02 Å². The number of nitrogens with one attached hydrogen (secondary N) is 2. The first-order valence-electron chi connectivity index (χ1n) is 5.34. The molecular formula is C12H15ClN2O2. The normalized spacial score (nSPS) is 10.1. The van der Waals surface area contributed by atoms with E-state index in [-0.39, 0.29) is 11.8 Å². The number of benzene rings is 1. The van der Waals surface area contributed by atoms with Crippen molar-refractivity contribution >= 4 is 23.4 Å². The van der Waals surface area contributed by atoms with Crippen LogP contribution in [-0.4, -0.2) is 11.8 Å². The summed E-state index contributed by atoms with van der Waals surface area (Å²) in [7, 11) is 0. The summed E-state index contributed by atoms with van der Waals surface area (Å²) in [5.41, 5.74) is 5.00. The highest BCUT2D eigenvalue weighted by atomic mass is 35.5. The van der Waals surface area contributed by atoms with Gasteiger partial charge in [0.15, 0.2) is 0 Å². The molecule has 1 aromatic rings. The van der Waals surface area contributed by atoms with Crippen LogP contribution in [0.3, 0.4) is 0 Å². The second-order valence-corrected chi connectivity index (χ2v) is 4.49. The van der Waals surface area contributed by atoms with Gasteiger partial charge in [-0.3, -0.25) is 20.4 Å². The summed E-state index contributed by atoms with van der Waals surface area (Å²) in [6, 6.07) is 6.64. The molecule has 4 nitrogen and oxygen atoms in total. The fraction of sp³-hybridized carbons (Fsp3) is 0.333. The Morgan fingerprint density at radius 3 is 2.47 bits per heavy atom. The minimum atomic E-state index is -0.423. The predicted molar refractivity (Wildman–Crippen MR) is 66.5 cm³/mol. The zero-order valence-corrected chi connectivity index (χ0v) is 10.5. The number of hydrogen-bond donors (Lipinski definition) is 2. The molecular weight excluding hydrogens is 240 g/mol. The van der Waals surface area contributed by atoms with E-state index in [0.29, 0.717) is 17.0 Å². The SMILES string of the molecule is CC(C)CC(=O)NNC(=O)c1ccccc1Cl. The van der Waals surface area contributed by atoms with Crippen molar-refractivity contribution in [2.45, 2.75) is 20.3 Å². The van der Waals surface area contributed by atoms with Crippen molar-refractivity contribution in [1.82, 2.24) is 10.9 Å². The summed E-state index contributed by atoms with van der Waals surface area (Å²) in [6.07, 6.45) is 0.364.